The maximum atomic E-state index is 13.1. The maximum Gasteiger partial charge on any atom is 0.332 e. The number of fused-ring (bicyclic) bond motifs is 1. The first-order valence-corrected chi connectivity index (χ1v) is 10.7. The molecule has 0 radical (unpaired) electrons. The summed E-state index contributed by atoms with van der Waals surface area (Å²) >= 11 is 0. The molecule has 3 amide bonds. The van der Waals surface area contributed by atoms with Crippen LogP contribution in [-0.4, -0.2) is 53.6 Å². The highest BCUT2D eigenvalue weighted by atomic mass is 35.5. The quantitative estimate of drug-likeness (QED) is 0.694. The van der Waals surface area contributed by atoms with Crippen LogP contribution in [0.25, 0.3) is 0 Å². The van der Waals surface area contributed by atoms with Crippen molar-refractivity contribution in [3.8, 4) is 0 Å². The molecule has 1 aromatic carbocycles. The minimum Gasteiger partial charge on any atom is -0.481 e. The lowest BCUT2D eigenvalue weighted by Gasteiger charge is -2.33. The summed E-state index contributed by atoms with van der Waals surface area (Å²) < 4.78 is 0. The highest BCUT2D eigenvalue weighted by Crippen LogP contribution is 2.34. The smallest absolute Gasteiger partial charge is 0.332 e. The van der Waals surface area contributed by atoms with E-state index in [1.54, 1.807) is 4.90 Å². The lowest BCUT2D eigenvalue weighted by Crippen LogP contribution is -2.41. The Hall–Kier alpha value is -2.12. The average molecular weight is 436 g/mol. The number of benzene rings is 1. The number of hydrogen-bond donors (Lipinski definition) is 2. The molecular formula is C22H30ClN3O4. The topological polar surface area (TPSA) is 89.9 Å². The van der Waals surface area contributed by atoms with Crippen LogP contribution in [0.5, 0.6) is 0 Å². The Morgan fingerprint density at radius 2 is 1.77 bits per heavy atom. The summed E-state index contributed by atoms with van der Waals surface area (Å²) in [4.78, 5) is 39.6. The number of carbonyl (C=O) groups is 3. The molecule has 1 aromatic rings. The Morgan fingerprint density at radius 1 is 1.07 bits per heavy atom. The van der Waals surface area contributed by atoms with Crippen LogP contribution in [0.15, 0.2) is 18.2 Å². The van der Waals surface area contributed by atoms with Crippen molar-refractivity contribution in [1.29, 1.82) is 0 Å². The van der Waals surface area contributed by atoms with Crippen LogP contribution in [-0.2, 0) is 22.4 Å². The van der Waals surface area contributed by atoms with Gasteiger partial charge in [0.2, 0.25) is 0 Å². The number of amides is 3. The molecule has 0 bridgehead atoms. The lowest BCUT2D eigenvalue weighted by atomic mass is 9.83. The molecule has 0 spiro atoms. The van der Waals surface area contributed by atoms with Crippen molar-refractivity contribution in [3.63, 3.8) is 0 Å². The van der Waals surface area contributed by atoms with Crippen molar-refractivity contribution in [2.45, 2.75) is 57.4 Å². The number of halogens is 1. The van der Waals surface area contributed by atoms with Crippen LogP contribution in [0.2, 0.25) is 0 Å². The summed E-state index contributed by atoms with van der Waals surface area (Å²) in [5.74, 6) is -0.501. The zero-order valence-electron chi connectivity index (χ0n) is 17.1. The van der Waals surface area contributed by atoms with Gasteiger partial charge in [-0.15, -0.1) is 12.4 Å². The second kappa shape index (κ2) is 9.79. The zero-order chi connectivity index (χ0) is 20.4. The summed E-state index contributed by atoms with van der Waals surface area (Å²) in [5, 5.41) is 12.2. The summed E-state index contributed by atoms with van der Waals surface area (Å²) in [6.45, 7) is 2.01. The predicted octanol–water partition coefficient (Wildman–Crippen LogP) is 2.99. The first-order valence-electron chi connectivity index (χ1n) is 10.7. The van der Waals surface area contributed by atoms with E-state index in [0.29, 0.717) is 18.0 Å². The summed E-state index contributed by atoms with van der Waals surface area (Å²) in [6, 6.07) is 5.81. The van der Waals surface area contributed by atoms with Gasteiger partial charge in [0.05, 0.1) is 5.69 Å². The van der Waals surface area contributed by atoms with E-state index >= 15 is 0 Å². The minimum atomic E-state index is -0.750. The highest BCUT2D eigenvalue weighted by molar-refractivity contribution is 6.19. The summed E-state index contributed by atoms with van der Waals surface area (Å²) in [6.07, 6.45) is 6.30. The second-order valence-electron chi connectivity index (χ2n) is 8.45. The van der Waals surface area contributed by atoms with Crippen molar-refractivity contribution in [3.05, 3.63) is 29.3 Å². The number of carbonyl (C=O) groups excluding carboxylic acids is 2. The van der Waals surface area contributed by atoms with Crippen LogP contribution in [0, 0.1) is 5.92 Å². The zero-order valence-corrected chi connectivity index (χ0v) is 18.0. The van der Waals surface area contributed by atoms with Gasteiger partial charge in [-0.3, -0.25) is 9.59 Å². The molecule has 1 saturated carbocycles. The average Bonchev–Trinajstić information content (AvgIpc) is 2.87. The van der Waals surface area contributed by atoms with Gasteiger partial charge in [-0.05, 0) is 87.2 Å². The Balaban J connectivity index is 0.00000256. The largest absolute Gasteiger partial charge is 0.481 e. The van der Waals surface area contributed by atoms with Crippen molar-refractivity contribution in [2.24, 2.45) is 5.92 Å². The molecule has 0 unspecified atom stereocenters. The minimum absolute atomic E-state index is 0. The van der Waals surface area contributed by atoms with Crippen LogP contribution in [0.3, 0.4) is 0 Å². The van der Waals surface area contributed by atoms with Crippen molar-refractivity contribution in [1.82, 2.24) is 10.2 Å². The Bertz CT molecular complexity index is 808. The molecular weight excluding hydrogens is 406 g/mol. The molecule has 2 fully saturated rings. The fraction of sp³-hybridized carbons (Fsp3) is 0.591. The monoisotopic (exact) mass is 435 g/mol. The number of hydrogen-bond acceptors (Lipinski definition) is 4. The van der Waals surface area contributed by atoms with E-state index in [9.17, 15) is 14.4 Å². The van der Waals surface area contributed by atoms with E-state index in [0.717, 1.165) is 51.6 Å². The van der Waals surface area contributed by atoms with E-state index in [1.807, 2.05) is 12.1 Å². The molecule has 1 aliphatic carbocycles. The molecule has 2 aliphatic heterocycles. The van der Waals surface area contributed by atoms with Crippen LogP contribution >= 0.6 is 12.4 Å². The normalized spacial score (nSPS) is 24.3. The van der Waals surface area contributed by atoms with E-state index < -0.39 is 5.97 Å². The van der Waals surface area contributed by atoms with Gasteiger partial charge in [-0.1, -0.05) is 6.07 Å². The number of aliphatic carboxylic acids is 1. The van der Waals surface area contributed by atoms with Gasteiger partial charge in [-0.25, -0.2) is 9.69 Å². The number of carboxylic acid groups (broad SMARTS) is 1. The van der Waals surface area contributed by atoms with Crippen LogP contribution in [0.1, 0.15) is 49.7 Å². The first-order chi connectivity index (χ1) is 14.0. The van der Waals surface area contributed by atoms with Crippen LogP contribution in [0.4, 0.5) is 10.5 Å². The second-order valence-corrected chi connectivity index (χ2v) is 8.45. The predicted molar refractivity (Wildman–Crippen MR) is 116 cm³/mol. The fourth-order valence-electron chi connectivity index (χ4n) is 4.93. The Labute approximate surface area is 183 Å². The molecule has 164 valence electrons. The standard InChI is InChI=1S/C22H29N3O4.ClH/c26-20-14-24(18-5-1-15(2-6-18)3-8-21(27)28)22(29)25(20)19-7-4-16-9-11-23-12-10-17(16)13-19;/h4,7,13,15,18,23H,1-3,5-6,8-12,14H2,(H,27,28);1H/t15-,18-;. The number of nitrogens with zero attached hydrogens (tertiary/aromatic N) is 2. The van der Waals surface area contributed by atoms with Gasteiger partial charge >= 0.3 is 12.0 Å². The van der Waals surface area contributed by atoms with E-state index in [2.05, 4.69) is 11.4 Å². The highest BCUT2D eigenvalue weighted by Gasteiger charge is 2.41. The summed E-state index contributed by atoms with van der Waals surface area (Å²) in [7, 11) is 0. The number of urea groups is 1. The Kier molecular flexibility index (Phi) is 7.36. The van der Waals surface area contributed by atoms with Gasteiger partial charge in [-0.2, -0.15) is 0 Å². The number of rotatable bonds is 5. The molecule has 1 saturated heterocycles. The van der Waals surface area contributed by atoms with Gasteiger partial charge < -0.3 is 15.3 Å². The Morgan fingerprint density at radius 3 is 2.47 bits per heavy atom. The molecule has 0 aromatic heterocycles. The van der Waals surface area contributed by atoms with Gasteiger partial charge in [0, 0.05) is 12.5 Å². The van der Waals surface area contributed by atoms with Gasteiger partial charge in [0.15, 0.2) is 0 Å². The van der Waals surface area contributed by atoms with E-state index in [1.165, 1.54) is 16.0 Å². The van der Waals surface area contributed by atoms with Crippen molar-refractivity contribution < 1.29 is 19.5 Å². The molecule has 4 rings (SSSR count). The third-order valence-electron chi connectivity index (χ3n) is 6.61. The lowest BCUT2D eigenvalue weighted by molar-refractivity contribution is -0.137. The SMILES string of the molecule is Cl.O=C(O)CC[C@H]1CC[C@H](N2CC(=O)N(c3ccc4c(c3)CCNCC4)C2=O)CC1. The number of carboxylic acids is 1. The van der Waals surface area contributed by atoms with E-state index in [4.69, 9.17) is 5.11 Å². The van der Waals surface area contributed by atoms with Crippen molar-refractivity contribution >= 4 is 36.0 Å². The number of nitrogens with one attached hydrogen (secondary N) is 1. The van der Waals surface area contributed by atoms with Gasteiger partial charge in [0.1, 0.15) is 6.54 Å². The van der Waals surface area contributed by atoms with Gasteiger partial charge in [0.25, 0.3) is 5.91 Å². The molecule has 2 heterocycles. The molecule has 3 aliphatic rings. The first kappa shape index (κ1) is 22.6. The maximum absolute atomic E-state index is 13.1. The van der Waals surface area contributed by atoms with Crippen molar-refractivity contribution in [2.75, 3.05) is 24.5 Å². The molecule has 0 atom stereocenters. The molecule has 8 heteroatoms. The third-order valence-corrected chi connectivity index (χ3v) is 6.61. The molecule has 2 N–H and O–H groups in total. The summed E-state index contributed by atoms with van der Waals surface area (Å²) in [5.41, 5.74) is 3.18. The van der Waals surface area contributed by atoms with E-state index in [-0.39, 0.29) is 43.4 Å². The number of imide groups is 1. The fourth-order valence-corrected chi connectivity index (χ4v) is 4.93. The third kappa shape index (κ3) is 4.78. The molecule has 30 heavy (non-hydrogen) atoms. The number of anilines is 1. The van der Waals surface area contributed by atoms with Crippen LogP contribution < -0.4 is 10.2 Å². The molecule has 7 nitrogen and oxygen atoms in total.